The molecule has 0 atom stereocenters. The highest BCUT2D eigenvalue weighted by molar-refractivity contribution is 6.07. The van der Waals surface area contributed by atoms with Gasteiger partial charge >= 0.3 is 11.7 Å². The molecule has 9 heteroatoms. The first-order valence-corrected chi connectivity index (χ1v) is 11.7. The van der Waals surface area contributed by atoms with E-state index >= 15 is 0 Å². The molecule has 3 aromatic carbocycles. The van der Waals surface area contributed by atoms with E-state index in [1.165, 1.54) is 12.1 Å². The van der Waals surface area contributed by atoms with Crippen LogP contribution < -0.4 is 14.8 Å². The number of esters is 1. The molecule has 1 amide bonds. The Kier molecular flexibility index (Phi) is 8.49. The summed E-state index contributed by atoms with van der Waals surface area (Å²) in [4.78, 5) is 36.7. The monoisotopic (exact) mass is 506 g/mol. The summed E-state index contributed by atoms with van der Waals surface area (Å²) in [5.74, 6) is -1.19. The standard InChI is InChI=1S/C28H30N2O7/c1-18(2)36-25-23(30(33)34)16-15-22(24(25)35-17-19-9-7-6-8-10-19)26(31)29-21-13-11-20(12-14-21)27(32)37-28(3,4)5/h6-16,18H,17H2,1-5H3,(H,29,31). The zero-order valence-electron chi connectivity index (χ0n) is 21.4. The number of rotatable bonds is 9. The first-order valence-electron chi connectivity index (χ1n) is 11.7. The minimum Gasteiger partial charge on any atom is -0.484 e. The second kappa shape index (κ2) is 11.6. The summed E-state index contributed by atoms with van der Waals surface area (Å²) < 4.78 is 17.1. The fraction of sp³-hybridized carbons (Fsp3) is 0.286. The molecule has 0 unspecified atom stereocenters. The summed E-state index contributed by atoms with van der Waals surface area (Å²) >= 11 is 0. The van der Waals surface area contributed by atoms with Crippen LogP contribution in [0.2, 0.25) is 0 Å². The predicted molar refractivity (Wildman–Crippen MR) is 139 cm³/mol. The van der Waals surface area contributed by atoms with E-state index in [1.807, 2.05) is 30.3 Å². The maximum absolute atomic E-state index is 13.3. The van der Waals surface area contributed by atoms with E-state index in [2.05, 4.69) is 5.32 Å². The molecule has 1 N–H and O–H groups in total. The Morgan fingerprint density at radius 3 is 2.16 bits per heavy atom. The number of nitrogens with zero attached hydrogens (tertiary/aromatic N) is 1. The van der Waals surface area contributed by atoms with Crippen molar-refractivity contribution in [1.29, 1.82) is 0 Å². The molecule has 0 saturated carbocycles. The average Bonchev–Trinajstić information content (AvgIpc) is 2.82. The van der Waals surface area contributed by atoms with Gasteiger partial charge in [0, 0.05) is 11.8 Å². The Bertz CT molecular complexity index is 1260. The Hall–Kier alpha value is -4.40. The van der Waals surface area contributed by atoms with Crippen molar-refractivity contribution in [3.63, 3.8) is 0 Å². The SMILES string of the molecule is CC(C)Oc1c([N+](=O)[O-])ccc(C(=O)Nc2ccc(C(=O)OC(C)(C)C)cc2)c1OCc1ccccc1. The van der Waals surface area contributed by atoms with Crippen molar-refractivity contribution in [1.82, 2.24) is 0 Å². The van der Waals surface area contributed by atoms with Crippen LogP contribution in [0.15, 0.2) is 66.7 Å². The van der Waals surface area contributed by atoms with Crippen LogP contribution in [-0.2, 0) is 11.3 Å². The van der Waals surface area contributed by atoms with Gasteiger partial charge in [0.05, 0.1) is 22.2 Å². The van der Waals surface area contributed by atoms with Crippen LogP contribution in [0.4, 0.5) is 11.4 Å². The lowest BCUT2D eigenvalue weighted by Crippen LogP contribution is -2.23. The molecule has 0 aliphatic heterocycles. The van der Waals surface area contributed by atoms with Gasteiger partial charge in [0.2, 0.25) is 5.75 Å². The molecule has 194 valence electrons. The quantitative estimate of drug-likeness (QED) is 0.210. The van der Waals surface area contributed by atoms with E-state index in [4.69, 9.17) is 14.2 Å². The van der Waals surface area contributed by atoms with Gasteiger partial charge in [-0.2, -0.15) is 0 Å². The van der Waals surface area contributed by atoms with Crippen LogP contribution in [0, 0.1) is 10.1 Å². The van der Waals surface area contributed by atoms with Crippen LogP contribution >= 0.6 is 0 Å². The molecule has 0 saturated heterocycles. The Morgan fingerprint density at radius 2 is 1.59 bits per heavy atom. The highest BCUT2D eigenvalue weighted by Crippen LogP contribution is 2.41. The minimum absolute atomic E-state index is 0.0328. The Labute approximate surface area is 215 Å². The lowest BCUT2D eigenvalue weighted by Gasteiger charge is -2.19. The number of hydrogen-bond donors (Lipinski definition) is 1. The maximum Gasteiger partial charge on any atom is 0.338 e. The van der Waals surface area contributed by atoms with E-state index in [1.54, 1.807) is 58.9 Å². The summed E-state index contributed by atoms with van der Waals surface area (Å²) in [6.45, 7) is 8.85. The number of anilines is 1. The molecule has 0 fully saturated rings. The summed E-state index contributed by atoms with van der Waals surface area (Å²) in [5.41, 5.74) is 0.682. The van der Waals surface area contributed by atoms with Gasteiger partial charge in [-0.3, -0.25) is 14.9 Å². The van der Waals surface area contributed by atoms with Gasteiger partial charge < -0.3 is 19.5 Å². The van der Waals surface area contributed by atoms with Crippen molar-refractivity contribution >= 4 is 23.3 Å². The predicted octanol–water partition coefficient (Wildman–Crippen LogP) is 6.17. The lowest BCUT2D eigenvalue weighted by atomic mass is 10.1. The maximum atomic E-state index is 13.3. The number of benzene rings is 3. The molecular formula is C28H30N2O7. The molecule has 0 spiro atoms. The van der Waals surface area contributed by atoms with Crippen molar-refractivity contribution < 1.29 is 28.7 Å². The summed E-state index contributed by atoms with van der Waals surface area (Å²) in [7, 11) is 0. The highest BCUT2D eigenvalue weighted by atomic mass is 16.6. The van der Waals surface area contributed by atoms with Crippen LogP contribution in [0.25, 0.3) is 0 Å². The second-order valence-corrected chi connectivity index (χ2v) is 9.52. The normalized spacial score (nSPS) is 11.1. The molecule has 3 aromatic rings. The van der Waals surface area contributed by atoms with Gasteiger partial charge in [-0.25, -0.2) is 4.79 Å². The third kappa shape index (κ3) is 7.54. The number of nitro benzene ring substituents is 1. The zero-order valence-corrected chi connectivity index (χ0v) is 21.4. The van der Waals surface area contributed by atoms with Gasteiger partial charge in [-0.1, -0.05) is 30.3 Å². The molecular weight excluding hydrogens is 476 g/mol. The molecule has 0 aliphatic carbocycles. The third-order valence-corrected chi connectivity index (χ3v) is 4.89. The van der Waals surface area contributed by atoms with E-state index in [-0.39, 0.29) is 29.4 Å². The first-order chi connectivity index (χ1) is 17.4. The van der Waals surface area contributed by atoms with E-state index < -0.39 is 28.5 Å². The van der Waals surface area contributed by atoms with Crippen molar-refractivity contribution in [3.05, 3.63) is 93.5 Å². The van der Waals surface area contributed by atoms with Crippen LogP contribution in [0.5, 0.6) is 11.5 Å². The van der Waals surface area contributed by atoms with E-state index in [9.17, 15) is 19.7 Å². The number of amides is 1. The lowest BCUT2D eigenvalue weighted by molar-refractivity contribution is -0.386. The number of carbonyl (C=O) groups excluding carboxylic acids is 2. The fourth-order valence-electron chi connectivity index (χ4n) is 3.32. The van der Waals surface area contributed by atoms with E-state index in [0.717, 1.165) is 5.56 Å². The third-order valence-electron chi connectivity index (χ3n) is 4.89. The average molecular weight is 507 g/mol. The summed E-state index contributed by atoms with van der Waals surface area (Å²) in [5, 5.41) is 14.5. The van der Waals surface area contributed by atoms with Gasteiger partial charge in [-0.05, 0) is 70.5 Å². The fourth-order valence-corrected chi connectivity index (χ4v) is 3.32. The number of ether oxygens (including phenoxy) is 3. The molecule has 0 heterocycles. The van der Waals surface area contributed by atoms with Gasteiger partial charge in [-0.15, -0.1) is 0 Å². The minimum atomic E-state index is -0.633. The first kappa shape index (κ1) is 27.2. The van der Waals surface area contributed by atoms with Crippen LogP contribution in [-0.4, -0.2) is 28.5 Å². The smallest absolute Gasteiger partial charge is 0.338 e. The number of nitrogens with one attached hydrogen (secondary N) is 1. The van der Waals surface area contributed by atoms with E-state index in [0.29, 0.717) is 11.3 Å². The van der Waals surface area contributed by atoms with Crippen LogP contribution in [0.3, 0.4) is 0 Å². The Morgan fingerprint density at radius 1 is 0.946 bits per heavy atom. The van der Waals surface area contributed by atoms with Gasteiger partial charge in [0.1, 0.15) is 12.2 Å². The van der Waals surface area contributed by atoms with Gasteiger partial charge in [0.25, 0.3) is 5.91 Å². The number of nitro groups is 1. The van der Waals surface area contributed by atoms with Gasteiger partial charge in [0.15, 0.2) is 5.75 Å². The zero-order chi connectivity index (χ0) is 27.2. The van der Waals surface area contributed by atoms with Crippen molar-refractivity contribution in [2.45, 2.75) is 52.9 Å². The largest absolute Gasteiger partial charge is 0.484 e. The molecule has 0 bridgehead atoms. The highest BCUT2D eigenvalue weighted by Gasteiger charge is 2.28. The van der Waals surface area contributed by atoms with Crippen molar-refractivity contribution in [3.8, 4) is 11.5 Å². The van der Waals surface area contributed by atoms with Crippen molar-refractivity contribution in [2.75, 3.05) is 5.32 Å². The number of carbonyl (C=O) groups is 2. The molecule has 3 rings (SSSR count). The second-order valence-electron chi connectivity index (χ2n) is 9.52. The molecule has 0 aliphatic rings. The topological polar surface area (TPSA) is 117 Å². The summed E-state index contributed by atoms with van der Waals surface area (Å²) in [6.07, 6.45) is -0.406. The molecule has 37 heavy (non-hydrogen) atoms. The molecule has 0 aromatic heterocycles. The Balaban J connectivity index is 1.92. The number of hydrogen-bond acceptors (Lipinski definition) is 7. The summed E-state index contributed by atoms with van der Waals surface area (Å²) in [6, 6.07) is 18.0. The van der Waals surface area contributed by atoms with Crippen molar-refractivity contribution in [2.24, 2.45) is 0 Å². The molecule has 9 nitrogen and oxygen atoms in total. The van der Waals surface area contributed by atoms with Crippen LogP contribution in [0.1, 0.15) is 60.9 Å². The molecule has 0 radical (unpaired) electrons.